The first-order valence-corrected chi connectivity index (χ1v) is 10.2. The molecular formula is C22H34IN5O. The monoisotopic (exact) mass is 511 g/mol. The minimum absolute atomic E-state index is 0. The van der Waals surface area contributed by atoms with Crippen molar-refractivity contribution < 1.29 is 4.74 Å². The third-order valence-electron chi connectivity index (χ3n) is 5.76. The second-order valence-electron chi connectivity index (χ2n) is 7.76. The van der Waals surface area contributed by atoms with Crippen LogP contribution in [0.4, 0.5) is 0 Å². The van der Waals surface area contributed by atoms with Crippen LogP contribution in [0.15, 0.2) is 41.5 Å². The van der Waals surface area contributed by atoms with Crippen molar-refractivity contribution in [3.8, 4) is 5.69 Å². The summed E-state index contributed by atoms with van der Waals surface area (Å²) in [4.78, 5) is 4.42. The molecule has 160 valence electrons. The summed E-state index contributed by atoms with van der Waals surface area (Å²) in [6.07, 6.45) is 8.27. The zero-order valence-electron chi connectivity index (χ0n) is 17.8. The van der Waals surface area contributed by atoms with Gasteiger partial charge in [0.05, 0.1) is 11.4 Å². The number of benzene rings is 1. The zero-order chi connectivity index (χ0) is 19.8. The highest BCUT2D eigenvalue weighted by molar-refractivity contribution is 14.0. The minimum atomic E-state index is 0. The summed E-state index contributed by atoms with van der Waals surface area (Å²) in [7, 11) is 3.61. The number of ether oxygens (including phenoxy) is 1. The van der Waals surface area contributed by atoms with Crippen molar-refractivity contribution in [1.82, 2.24) is 20.4 Å². The van der Waals surface area contributed by atoms with Crippen molar-refractivity contribution in [2.24, 2.45) is 10.4 Å². The number of methoxy groups -OCH3 is 1. The van der Waals surface area contributed by atoms with E-state index in [4.69, 9.17) is 4.74 Å². The van der Waals surface area contributed by atoms with Crippen LogP contribution in [0, 0.1) is 12.3 Å². The Morgan fingerprint density at radius 2 is 1.97 bits per heavy atom. The number of aliphatic imine (C=N–C) groups is 1. The molecule has 2 N–H and O–H groups in total. The Hall–Kier alpha value is -1.61. The molecule has 7 heteroatoms. The summed E-state index contributed by atoms with van der Waals surface area (Å²) in [6, 6.07) is 10.3. The van der Waals surface area contributed by atoms with Crippen LogP contribution in [0.25, 0.3) is 5.69 Å². The van der Waals surface area contributed by atoms with Crippen LogP contribution in [0.2, 0.25) is 0 Å². The molecule has 1 aromatic heterocycles. The summed E-state index contributed by atoms with van der Waals surface area (Å²) >= 11 is 0. The predicted molar refractivity (Wildman–Crippen MR) is 129 cm³/mol. The van der Waals surface area contributed by atoms with Gasteiger partial charge in [-0.2, -0.15) is 5.10 Å². The quantitative estimate of drug-likeness (QED) is 0.319. The van der Waals surface area contributed by atoms with E-state index in [2.05, 4.69) is 38.9 Å². The summed E-state index contributed by atoms with van der Waals surface area (Å²) < 4.78 is 7.27. The topological polar surface area (TPSA) is 63.5 Å². The number of hydrogen-bond donors (Lipinski definition) is 2. The van der Waals surface area contributed by atoms with Crippen LogP contribution < -0.4 is 10.6 Å². The normalized spacial score (nSPS) is 15.8. The maximum Gasteiger partial charge on any atom is 0.191 e. The lowest BCUT2D eigenvalue weighted by Gasteiger charge is -2.30. The standard InChI is InChI=1S/C22H33N5O.HI/c1-18-10-14-27(26-18)20-9-5-4-8-19(20)16-24-21(23-2)25-17-22(13-15-28-3)11-6-7-12-22;/h4-5,8-10,14H,6-7,11-13,15-17H2,1-3H3,(H2,23,24,25);1H. The van der Waals surface area contributed by atoms with Crippen LogP contribution >= 0.6 is 24.0 Å². The molecule has 1 saturated carbocycles. The fourth-order valence-corrected chi connectivity index (χ4v) is 4.06. The molecule has 6 nitrogen and oxygen atoms in total. The summed E-state index contributed by atoms with van der Waals surface area (Å²) in [6.45, 7) is 4.46. The Kier molecular flexibility index (Phi) is 9.42. The van der Waals surface area contributed by atoms with Crippen molar-refractivity contribution in [2.45, 2.75) is 45.6 Å². The smallest absolute Gasteiger partial charge is 0.191 e. The third-order valence-corrected chi connectivity index (χ3v) is 5.76. The molecule has 3 rings (SSSR count). The molecule has 0 bridgehead atoms. The van der Waals surface area contributed by atoms with Gasteiger partial charge < -0.3 is 15.4 Å². The Labute approximate surface area is 191 Å². The maximum absolute atomic E-state index is 5.34. The molecule has 0 spiro atoms. The number of nitrogens with one attached hydrogen (secondary N) is 2. The maximum atomic E-state index is 5.34. The van der Waals surface area contributed by atoms with Crippen molar-refractivity contribution in [3.63, 3.8) is 0 Å². The Balaban J connectivity index is 0.00000300. The van der Waals surface area contributed by atoms with Gasteiger partial charge in [-0.15, -0.1) is 24.0 Å². The van der Waals surface area contributed by atoms with Gasteiger partial charge in [0.1, 0.15) is 0 Å². The number of halogens is 1. The van der Waals surface area contributed by atoms with E-state index in [1.807, 2.05) is 37.0 Å². The number of rotatable bonds is 8. The van der Waals surface area contributed by atoms with E-state index >= 15 is 0 Å². The summed E-state index contributed by atoms with van der Waals surface area (Å²) in [5, 5.41) is 11.6. The van der Waals surface area contributed by atoms with Gasteiger partial charge in [0.15, 0.2) is 5.96 Å². The lowest BCUT2D eigenvalue weighted by molar-refractivity contribution is 0.138. The molecule has 1 aliphatic carbocycles. The first-order chi connectivity index (χ1) is 13.7. The number of hydrogen-bond acceptors (Lipinski definition) is 3. The molecule has 0 aliphatic heterocycles. The van der Waals surface area contributed by atoms with Crippen LogP contribution in [0.3, 0.4) is 0 Å². The SMILES string of the molecule is CN=C(NCc1ccccc1-n1ccc(C)n1)NCC1(CCOC)CCCC1.I. The lowest BCUT2D eigenvalue weighted by atomic mass is 9.83. The molecular weight excluding hydrogens is 477 g/mol. The highest BCUT2D eigenvalue weighted by atomic mass is 127. The molecule has 1 aliphatic rings. The second-order valence-corrected chi connectivity index (χ2v) is 7.76. The van der Waals surface area contributed by atoms with Gasteiger partial charge in [-0.1, -0.05) is 31.0 Å². The van der Waals surface area contributed by atoms with Gasteiger partial charge in [0.25, 0.3) is 0 Å². The molecule has 29 heavy (non-hydrogen) atoms. The number of para-hydroxylation sites is 1. The van der Waals surface area contributed by atoms with Crippen molar-refractivity contribution in [1.29, 1.82) is 0 Å². The zero-order valence-corrected chi connectivity index (χ0v) is 20.1. The molecule has 0 saturated heterocycles. The fourth-order valence-electron chi connectivity index (χ4n) is 4.06. The molecule has 2 aromatic rings. The molecule has 1 fully saturated rings. The van der Waals surface area contributed by atoms with E-state index < -0.39 is 0 Å². The Bertz CT molecular complexity index is 783. The van der Waals surface area contributed by atoms with Crippen molar-refractivity contribution in [2.75, 3.05) is 27.3 Å². The Morgan fingerprint density at radius 1 is 1.21 bits per heavy atom. The van der Waals surface area contributed by atoms with E-state index in [-0.39, 0.29) is 24.0 Å². The lowest BCUT2D eigenvalue weighted by Crippen LogP contribution is -2.43. The molecule has 1 heterocycles. The highest BCUT2D eigenvalue weighted by Crippen LogP contribution is 2.40. The van der Waals surface area contributed by atoms with Gasteiger partial charge in [-0.05, 0) is 49.3 Å². The summed E-state index contributed by atoms with van der Waals surface area (Å²) in [5.74, 6) is 0.843. The van der Waals surface area contributed by atoms with Crippen LogP contribution in [0.1, 0.15) is 43.4 Å². The van der Waals surface area contributed by atoms with Crippen LogP contribution in [-0.4, -0.2) is 43.0 Å². The van der Waals surface area contributed by atoms with E-state index in [1.54, 1.807) is 7.11 Å². The molecule has 0 unspecified atom stereocenters. The van der Waals surface area contributed by atoms with E-state index in [1.165, 1.54) is 31.2 Å². The van der Waals surface area contributed by atoms with Crippen molar-refractivity contribution >= 4 is 29.9 Å². The van der Waals surface area contributed by atoms with Gasteiger partial charge in [-0.3, -0.25) is 4.99 Å². The average Bonchev–Trinajstić information content (AvgIpc) is 3.36. The second kappa shape index (κ2) is 11.5. The van der Waals surface area contributed by atoms with Gasteiger partial charge in [0, 0.05) is 40.1 Å². The highest BCUT2D eigenvalue weighted by Gasteiger charge is 2.33. The van der Waals surface area contributed by atoms with E-state index in [9.17, 15) is 0 Å². The van der Waals surface area contributed by atoms with Crippen LogP contribution in [0.5, 0.6) is 0 Å². The molecule has 0 radical (unpaired) electrons. The fraction of sp³-hybridized carbons (Fsp3) is 0.545. The number of guanidine groups is 1. The third kappa shape index (κ3) is 6.44. The first kappa shape index (κ1) is 23.7. The van der Waals surface area contributed by atoms with Crippen molar-refractivity contribution in [3.05, 3.63) is 47.8 Å². The number of nitrogens with zero attached hydrogens (tertiary/aromatic N) is 3. The molecule has 0 atom stereocenters. The molecule has 0 amide bonds. The Morgan fingerprint density at radius 3 is 2.62 bits per heavy atom. The average molecular weight is 511 g/mol. The molecule has 1 aromatic carbocycles. The predicted octanol–water partition coefficient (Wildman–Crippen LogP) is 4.06. The number of aryl methyl sites for hydroxylation is 1. The van der Waals surface area contributed by atoms with Gasteiger partial charge in [0.2, 0.25) is 0 Å². The van der Waals surface area contributed by atoms with E-state index in [0.29, 0.717) is 12.0 Å². The van der Waals surface area contributed by atoms with Gasteiger partial charge in [-0.25, -0.2) is 4.68 Å². The van der Waals surface area contributed by atoms with Gasteiger partial charge >= 0.3 is 0 Å². The van der Waals surface area contributed by atoms with Crippen LogP contribution in [-0.2, 0) is 11.3 Å². The first-order valence-electron chi connectivity index (χ1n) is 10.2. The largest absolute Gasteiger partial charge is 0.385 e. The van der Waals surface area contributed by atoms with E-state index in [0.717, 1.165) is 36.9 Å². The summed E-state index contributed by atoms with van der Waals surface area (Å²) in [5.41, 5.74) is 3.62. The minimum Gasteiger partial charge on any atom is -0.385 e. The number of aromatic nitrogens is 2.